The summed E-state index contributed by atoms with van der Waals surface area (Å²) in [5.74, 6) is 0. The van der Waals surface area contributed by atoms with E-state index in [-0.39, 0.29) is 0 Å². The number of aryl methyl sites for hydroxylation is 1. The lowest BCUT2D eigenvalue weighted by molar-refractivity contribution is 0.920. The van der Waals surface area contributed by atoms with Crippen molar-refractivity contribution in [3.05, 3.63) is 175 Å². The minimum Gasteiger partial charge on any atom is -0.335 e. The first-order valence-electron chi connectivity index (χ1n) is 14.5. The fourth-order valence-corrected chi connectivity index (χ4v) is 5.10. The number of allylic oxidation sites excluding steroid dienone is 5. The molecule has 0 bridgehead atoms. The Labute approximate surface area is 261 Å². The molecule has 216 valence electrons. The van der Waals surface area contributed by atoms with E-state index in [1.165, 1.54) is 21.9 Å². The van der Waals surface area contributed by atoms with Crippen LogP contribution in [0.3, 0.4) is 0 Å². The van der Waals surface area contributed by atoms with Crippen LogP contribution in [0.25, 0.3) is 32.7 Å². The molecule has 0 spiro atoms. The number of hydrogen-bond donors (Lipinski definition) is 0. The maximum absolute atomic E-state index is 9.77. The van der Waals surface area contributed by atoms with Gasteiger partial charge in [0.25, 0.3) is 0 Å². The van der Waals surface area contributed by atoms with Crippen molar-refractivity contribution in [3.8, 4) is 17.2 Å². The molecule has 5 aromatic carbocycles. The number of nitriles is 1. The van der Waals surface area contributed by atoms with Gasteiger partial charge in [0.1, 0.15) is 0 Å². The van der Waals surface area contributed by atoms with E-state index in [0.717, 1.165) is 33.3 Å². The third-order valence-corrected chi connectivity index (χ3v) is 7.34. The van der Waals surface area contributed by atoms with E-state index in [4.69, 9.17) is 0 Å². The zero-order valence-electron chi connectivity index (χ0n) is 25.5. The van der Waals surface area contributed by atoms with Crippen molar-refractivity contribution in [3.63, 3.8) is 0 Å². The molecule has 0 fully saturated rings. The second-order valence-electron chi connectivity index (χ2n) is 10.3. The summed E-state index contributed by atoms with van der Waals surface area (Å²) < 4.78 is 0. The van der Waals surface area contributed by atoms with Crippen LogP contribution in [0.15, 0.2) is 164 Å². The number of fused-ring (bicyclic) bond motifs is 2. The Hall–Kier alpha value is -5.72. The highest BCUT2D eigenvalue weighted by molar-refractivity contribution is 5.93. The van der Waals surface area contributed by atoms with Crippen molar-refractivity contribution in [2.24, 2.45) is 4.99 Å². The number of benzene rings is 5. The van der Waals surface area contributed by atoms with Crippen molar-refractivity contribution in [2.75, 3.05) is 4.90 Å². The largest absolute Gasteiger partial charge is 0.335 e. The van der Waals surface area contributed by atoms with Crippen LogP contribution in [-0.4, -0.2) is 6.72 Å². The van der Waals surface area contributed by atoms with Crippen molar-refractivity contribution < 1.29 is 0 Å². The van der Waals surface area contributed by atoms with E-state index in [1.807, 2.05) is 43.3 Å². The SMILES string of the molecule is C=C/C(N=C)=C(\C=C/C)N(Cc1ccccc1C#N)c1ccc2ccc(-c3ccc4ccc(C)cc4c3)cc2c1.C=CC=C. The smallest absolute Gasteiger partial charge is 0.0995 e. The van der Waals surface area contributed by atoms with Crippen LogP contribution in [0, 0.1) is 18.3 Å². The van der Waals surface area contributed by atoms with E-state index < -0.39 is 0 Å². The fourth-order valence-electron chi connectivity index (χ4n) is 5.10. The molecule has 0 unspecified atom stereocenters. The molecule has 0 aromatic heterocycles. The molecular weight excluding hydrogens is 534 g/mol. The maximum atomic E-state index is 9.77. The van der Waals surface area contributed by atoms with Gasteiger partial charge >= 0.3 is 0 Å². The summed E-state index contributed by atoms with van der Waals surface area (Å²) in [6.07, 6.45) is 8.98. The molecule has 5 aromatic rings. The lowest BCUT2D eigenvalue weighted by Gasteiger charge is -2.28. The normalized spacial score (nSPS) is 11.2. The van der Waals surface area contributed by atoms with Crippen LogP contribution in [0.4, 0.5) is 5.69 Å². The summed E-state index contributed by atoms with van der Waals surface area (Å²) in [6, 6.07) is 36.3. The van der Waals surface area contributed by atoms with Crippen LogP contribution in [0.5, 0.6) is 0 Å². The molecule has 0 aliphatic heterocycles. The van der Waals surface area contributed by atoms with E-state index in [0.29, 0.717) is 17.8 Å². The molecule has 0 heterocycles. The van der Waals surface area contributed by atoms with Gasteiger partial charge in [0.2, 0.25) is 0 Å². The highest BCUT2D eigenvalue weighted by Gasteiger charge is 2.17. The van der Waals surface area contributed by atoms with Crippen LogP contribution in [0.2, 0.25) is 0 Å². The fraction of sp³-hybridized carbons (Fsp3) is 0.0732. The highest BCUT2D eigenvalue weighted by atomic mass is 15.1. The average molecular weight is 572 g/mol. The monoisotopic (exact) mass is 571 g/mol. The molecule has 0 amide bonds. The van der Waals surface area contributed by atoms with Gasteiger partial charge in [0.15, 0.2) is 0 Å². The second kappa shape index (κ2) is 15.0. The molecule has 0 radical (unpaired) electrons. The Kier molecular flexibility index (Phi) is 10.6. The molecule has 0 saturated heterocycles. The van der Waals surface area contributed by atoms with Crippen molar-refractivity contribution in [1.29, 1.82) is 5.26 Å². The van der Waals surface area contributed by atoms with Gasteiger partial charge in [-0.2, -0.15) is 5.26 Å². The molecule has 0 N–H and O–H groups in total. The van der Waals surface area contributed by atoms with Gasteiger partial charge < -0.3 is 4.90 Å². The number of rotatable bonds is 9. The third kappa shape index (κ3) is 7.18. The van der Waals surface area contributed by atoms with E-state index in [9.17, 15) is 5.26 Å². The average Bonchev–Trinajstić information content (AvgIpc) is 3.06. The van der Waals surface area contributed by atoms with Crippen LogP contribution in [0.1, 0.15) is 23.6 Å². The first-order valence-corrected chi connectivity index (χ1v) is 14.5. The number of nitrogens with zero attached hydrogens (tertiary/aromatic N) is 3. The maximum Gasteiger partial charge on any atom is 0.0995 e. The van der Waals surface area contributed by atoms with E-state index >= 15 is 0 Å². The Morgan fingerprint density at radius 1 is 0.795 bits per heavy atom. The van der Waals surface area contributed by atoms with Gasteiger partial charge in [0, 0.05) is 12.2 Å². The molecule has 0 aliphatic rings. The summed E-state index contributed by atoms with van der Waals surface area (Å²) in [5.41, 5.74) is 7.70. The lowest BCUT2D eigenvalue weighted by atomic mass is 9.97. The Balaban J connectivity index is 0.00000104. The van der Waals surface area contributed by atoms with Gasteiger partial charge in [-0.05, 0) is 101 Å². The van der Waals surface area contributed by atoms with Crippen LogP contribution < -0.4 is 4.90 Å². The third-order valence-electron chi connectivity index (χ3n) is 7.34. The van der Waals surface area contributed by atoms with Crippen molar-refractivity contribution >= 4 is 33.9 Å². The summed E-state index contributed by atoms with van der Waals surface area (Å²) in [7, 11) is 0. The Morgan fingerprint density at radius 3 is 2.00 bits per heavy atom. The number of anilines is 1. The molecule has 44 heavy (non-hydrogen) atoms. The molecule has 0 atom stereocenters. The van der Waals surface area contributed by atoms with Crippen LogP contribution in [-0.2, 0) is 6.54 Å². The highest BCUT2D eigenvalue weighted by Crippen LogP contribution is 2.33. The minimum absolute atomic E-state index is 0.492. The van der Waals surface area contributed by atoms with Gasteiger partial charge in [0.05, 0.1) is 23.0 Å². The Morgan fingerprint density at radius 2 is 1.41 bits per heavy atom. The molecule has 0 aliphatic carbocycles. The first kappa shape index (κ1) is 31.2. The second-order valence-corrected chi connectivity index (χ2v) is 10.3. The predicted octanol–water partition coefficient (Wildman–Crippen LogP) is 10.9. The van der Waals surface area contributed by atoms with Crippen LogP contribution >= 0.6 is 0 Å². The predicted molar refractivity (Wildman–Crippen MR) is 191 cm³/mol. The van der Waals surface area contributed by atoms with Gasteiger partial charge in [-0.1, -0.05) is 110 Å². The molecule has 0 saturated carbocycles. The Bertz CT molecular complexity index is 1930. The molecule has 5 rings (SSSR count). The van der Waals surface area contributed by atoms with Crippen molar-refractivity contribution in [2.45, 2.75) is 20.4 Å². The standard InChI is InChI=1S/C37H31N3.C4H6/c1-5-9-37(36(6-2)39-4)40(25-32-11-8-7-10-31(32)24-38)35-19-18-28-15-17-30(22-34(28)23-35)29-16-14-27-13-12-26(3)20-33(27)21-29;1-3-4-2/h5-23H,2,4,25H2,1,3H3;3-4H,1-2H2/b9-5-,37-36-;. The van der Waals surface area contributed by atoms with Gasteiger partial charge in [-0.25, -0.2) is 0 Å². The summed E-state index contributed by atoms with van der Waals surface area (Å²) >= 11 is 0. The van der Waals surface area contributed by atoms with Gasteiger partial charge in [-0.3, -0.25) is 4.99 Å². The number of hydrogen-bond acceptors (Lipinski definition) is 3. The first-order chi connectivity index (χ1) is 21.5. The molecule has 3 nitrogen and oxygen atoms in total. The van der Waals surface area contributed by atoms with Crippen molar-refractivity contribution in [1.82, 2.24) is 0 Å². The topological polar surface area (TPSA) is 39.4 Å². The van der Waals surface area contributed by atoms with E-state index in [1.54, 1.807) is 18.2 Å². The zero-order valence-corrected chi connectivity index (χ0v) is 25.5. The van der Waals surface area contributed by atoms with E-state index in [2.05, 4.69) is 122 Å². The number of aliphatic imine (C=N–C) groups is 1. The summed E-state index contributed by atoms with van der Waals surface area (Å²) in [5, 5.41) is 14.5. The molecular formula is C41H37N3. The lowest BCUT2D eigenvalue weighted by Crippen LogP contribution is -2.23. The minimum atomic E-state index is 0.492. The summed E-state index contributed by atoms with van der Waals surface area (Å²) in [6.45, 7) is 19.1. The zero-order chi connectivity index (χ0) is 31.5. The quantitative estimate of drug-likeness (QED) is 0.130. The van der Waals surface area contributed by atoms with Gasteiger partial charge in [-0.15, -0.1) is 0 Å². The molecule has 3 heteroatoms. The summed E-state index contributed by atoms with van der Waals surface area (Å²) in [4.78, 5) is 6.43.